The Balaban J connectivity index is 2.91. The Labute approximate surface area is 103 Å². The molecule has 0 aromatic carbocycles. The van der Waals surface area contributed by atoms with Crippen LogP contribution < -0.4 is 5.59 Å². The molecule has 0 bridgehead atoms. The second-order valence-corrected chi connectivity index (χ2v) is 5.38. The van der Waals surface area contributed by atoms with Crippen molar-refractivity contribution in [1.29, 1.82) is 0 Å². The summed E-state index contributed by atoms with van der Waals surface area (Å²) in [5, 5.41) is 24.1. The first-order valence-corrected chi connectivity index (χ1v) is 5.63. The molecule has 0 atom stereocenters. The van der Waals surface area contributed by atoms with E-state index < -0.39 is 18.3 Å². The Kier molecular flexibility index (Phi) is 3.71. The van der Waals surface area contributed by atoms with Crippen LogP contribution >= 0.6 is 0 Å². The van der Waals surface area contributed by atoms with Crippen LogP contribution in [0.2, 0.25) is 0 Å². The molecule has 1 rings (SSSR count). The molecule has 0 saturated heterocycles. The number of aliphatic hydroxyl groups is 1. The maximum atomic E-state index is 10.1. The van der Waals surface area contributed by atoms with Gasteiger partial charge in [0.2, 0.25) is 0 Å². The topological polar surface area (TPSA) is 67.5 Å². The summed E-state index contributed by atoms with van der Waals surface area (Å²) in [7, 11) is 0.635. The molecule has 0 unspecified atom stereocenters. The molecule has 0 saturated carbocycles. The van der Waals surface area contributed by atoms with Crippen LogP contribution in [0.1, 0.15) is 33.3 Å². The van der Waals surface area contributed by atoms with Gasteiger partial charge in [-0.1, -0.05) is 0 Å². The smallest absolute Gasteiger partial charge is 0.422 e. The molecule has 6 heteroatoms. The summed E-state index contributed by atoms with van der Waals surface area (Å²) >= 11 is 0. The minimum Gasteiger partial charge on any atom is -0.422 e. The maximum absolute atomic E-state index is 10.1. The predicted octanol–water partition coefficient (Wildman–Crippen LogP) is -0.0179. The minimum atomic E-state index is -1.11. The summed E-state index contributed by atoms with van der Waals surface area (Å²) in [6.45, 7) is 8.63. The van der Waals surface area contributed by atoms with Crippen LogP contribution in [-0.4, -0.2) is 38.2 Å². The highest BCUT2D eigenvalue weighted by Gasteiger charge is 2.40. The van der Waals surface area contributed by atoms with E-state index in [9.17, 15) is 10.1 Å². The van der Waals surface area contributed by atoms with E-state index in [0.29, 0.717) is 5.59 Å². The van der Waals surface area contributed by atoms with Gasteiger partial charge in [-0.2, -0.15) is 5.10 Å². The summed E-state index contributed by atoms with van der Waals surface area (Å²) in [5.41, 5.74) is -0.474. The quantitative estimate of drug-likeness (QED) is 0.726. The van der Waals surface area contributed by atoms with E-state index in [0.717, 1.165) is 5.56 Å². The molecule has 5 nitrogen and oxygen atoms in total. The number of rotatable bonds is 4. The van der Waals surface area contributed by atoms with E-state index in [4.69, 9.17) is 4.65 Å². The molecular formula is C11H21BN2O3. The summed E-state index contributed by atoms with van der Waals surface area (Å²) in [6, 6.07) is 0. The van der Waals surface area contributed by atoms with Crippen LogP contribution in [-0.2, 0) is 11.7 Å². The standard InChI is InChI=1S/C11H21BN2O3/c1-8-7-13-14(6)9(8)12(16)17-11(4,5)10(2,3)15/h7,15-16H,1-6H3. The van der Waals surface area contributed by atoms with Crippen molar-refractivity contribution in [3.8, 4) is 0 Å². The largest absolute Gasteiger partial charge is 0.511 e. The lowest BCUT2D eigenvalue weighted by Crippen LogP contribution is -2.54. The highest BCUT2D eigenvalue weighted by Crippen LogP contribution is 2.25. The summed E-state index contributed by atoms with van der Waals surface area (Å²) in [5.74, 6) is 0. The lowest BCUT2D eigenvalue weighted by molar-refractivity contribution is -0.0984. The van der Waals surface area contributed by atoms with Crippen molar-refractivity contribution in [2.45, 2.75) is 45.8 Å². The molecule has 0 fully saturated rings. The van der Waals surface area contributed by atoms with E-state index in [1.807, 2.05) is 6.92 Å². The van der Waals surface area contributed by atoms with Gasteiger partial charge in [0.25, 0.3) is 0 Å². The van der Waals surface area contributed by atoms with Gasteiger partial charge >= 0.3 is 7.12 Å². The molecule has 0 aliphatic heterocycles. The van der Waals surface area contributed by atoms with Gasteiger partial charge in [-0.25, -0.2) is 0 Å². The SMILES string of the molecule is Cc1cnn(C)c1B(O)OC(C)(C)C(C)(C)O. The van der Waals surface area contributed by atoms with E-state index >= 15 is 0 Å². The molecule has 0 radical (unpaired) electrons. The van der Waals surface area contributed by atoms with Crippen LogP contribution in [0.5, 0.6) is 0 Å². The first-order chi connectivity index (χ1) is 7.56. The number of nitrogens with zero attached hydrogens (tertiary/aromatic N) is 2. The Morgan fingerprint density at radius 1 is 1.35 bits per heavy atom. The predicted molar refractivity (Wildman–Crippen MR) is 67.0 cm³/mol. The molecule has 17 heavy (non-hydrogen) atoms. The molecule has 0 spiro atoms. The fourth-order valence-electron chi connectivity index (χ4n) is 1.39. The van der Waals surface area contributed by atoms with Gasteiger partial charge in [-0.15, -0.1) is 0 Å². The molecule has 0 amide bonds. The summed E-state index contributed by atoms with van der Waals surface area (Å²) in [4.78, 5) is 0. The van der Waals surface area contributed by atoms with Crippen molar-refractivity contribution < 1.29 is 14.8 Å². The molecular weight excluding hydrogens is 219 g/mol. The Morgan fingerprint density at radius 2 is 1.88 bits per heavy atom. The first kappa shape index (κ1) is 14.2. The van der Waals surface area contributed by atoms with Gasteiger partial charge in [0, 0.05) is 7.05 Å². The van der Waals surface area contributed by atoms with Crippen LogP contribution in [0.25, 0.3) is 0 Å². The zero-order chi connectivity index (χ0) is 13.4. The normalized spacial score (nSPS) is 12.9. The van der Waals surface area contributed by atoms with Gasteiger partial charge in [0.05, 0.1) is 23.0 Å². The Morgan fingerprint density at radius 3 is 2.24 bits per heavy atom. The van der Waals surface area contributed by atoms with Crippen molar-refractivity contribution in [3.63, 3.8) is 0 Å². The molecule has 96 valence electrons. The summed E-state index contributed by atoms with van der Waals surface area (Å²) in [6.07, 6.45) is 1.67. The van der Waals surface area contributed by atoms with E-state index in [-0.39, 0.29) is 0 Å². The van der Waals surface area contributed by atoms with Gasteiger partial charge in [0.15, 0.2) is 0 Å². The fourth-order valence-corrected chi connectivity index (χ4v) is 1.39. The fraction of sp³-hybridized carbons (Fsp3) is 0.727. The van der Waals surface area contributed by atoms with Crippen LogP contribution in [0.3, 0.4) is 0 Å². The van der Waals surface area contributed by atoms with Crippen molar-refractivity contribution in [1.82, 2.24) is 9.78 Å². The second kappa shape index (κ2) is 4.44. The van der Waals surface area contributed by atoms with Crippen LogP contribution in [0.4, 0.5) is 0 Å². The van der Waals surface area contributed by atoms with Gasteiger partial charge < -0.3 is 14.8 Å². The highest BCUT2D eigenvalue weighted by atomic mass is 16.5. The maximum Gasteiger partial charge on any atom is 0.511 e. The number of hydrogen-bond donors (Lipinski definition) is 2. The van der Waals surface area contributed by atoms with Crippen LogP contribution in [0, 0.1) is 6.92 Å². The first-order valence-electron chi connectivity index (χ1n) is 5.63. The number of aromatic nitrogens is 2. The van der Waals surface area contributed by atoms with Gasteiger partial charge in [-0.05, 0) is 40.2 Å². The Hall–Kier alpha value is -0.845. The van der Waals surface area contributed by atoms with Crippen molar-refractivity contribution >= 4 is 12.7 Å². The third-order valence-corrected chi connectivity index (χ3v) is 3.29. The van der Waals surface area contributed by atoms with Crippen molar-refractivity contribution in [2.24, 2.45) is 7.05 Å². The minimum absolute atomic E-state index is 0.599. The van der Waals surface area contributed by atoms with Crippen LogP contribution in [0.15, 0.2) is 6.20 Å². The van der Waals surface area contributed by atoms with Crippen molar-refractivity contribution in [3.05, 3.63) is 11.8 Å². The second-order valence-electron chi connectivity index (χ2n) is 5.38. The average Bonchev–Trinajstić information content (AvgIpc) is 2.43. The molecule has 0 aliphatic rings. The molecule has 2 N–H and O–H groups in total. The van der Waals surface area contributed by atoms with Gasteiger partial charge in [0.1, 0.15) is 0 Å². The van der Waals surface area contributed by atoms with E-state index in [2.05, 4.69) is 5.10 Å². The molecule has 1 aromatic heterocycles. The molecule has 0 aliphatic carbocycles. The zero-order valence-corrected chi connectivity index (χ0v) is 11.4. The highest BCUT2D eigenvalue weighted by molar-refractivity contribution is 6.59. The average molecular weight is 240 g/mol. The molecule has 1 heterocycles. The lowest BCUT2D eigenvalue weighted by atomic mass is 9.78. The number of aryl methyl sites for hydroxylation is 2. The lowest BCUT2D eigenvalue weighted by Gasteiger charge is -2.38. The van der Waals surface area contributed by atoms with Crippen molar-refractivity contribution in [2.75, 3.05) is 0 Å². The number of hydrogen-bond acceptors (Lipinski definition) is 4. The monoisotopic (exact) mass is 240 g/mol. The van der Waals surface area contributed by atoms with E-state index in [1.54, 1.807) is 45.6 Å². The third-order valence-electron chi connectivity index (χ3n) is 3.29. The van der Waals surface area contributed by atoms with Gasteiger partial charge in [-0.3, -0.25) is 4.68 Å². The molecule has 1 aromatic rings. The van der Waals surface area contributed by atoms with E-state index in [1.165, 1.54) is 0 Å². The zero-order valence-electron chi connectivity index (χ0n) is 11.4. The summed E-state index contributed by atoms with van der Waals surface area (Å²) < 4.78 is 7.12. The third kappa shape index (κ3) is 2.88. The Bertz CT molecular complexity index is 376.